The van der Waals surface area contributed by atoms with Crippen LogP contribution in [0.15, 0.2) is 53.4 Å². The number of rotatable bonds is 6. The Labute approximate surface area is 169 Å². The lowest BCUT2D eigenvalue weighted by molar-refractivity contribution is -0.113. The van der Waals surface area contributed by atoms with Gasteiger partial charge in [0.1, 0.15) is 5.75 Å². The SMILES string of the molecule is CCN(CC)c1ccc(N2C(=O)/C(=C\c3ccccc3OC)SC2=S)cc1. The Kier molecular flexibility index (Phi) is 6.19. The highest BCUT2D eigenvalue weighted by Crippen LogP contribution is 2.37. The van der Waals surface area contributed by atoms with Crippen molar-refractivity contribution in [2.24, 2.45) is 0 Å². The number of thiocarbonyl (C=S) groups is 1. The van der Waals surface area contributed by atoms with Crippen LogP contribution in [0.3, 0.4) is 0 Å². The Bertz CT molecular complexity index is 874. The molecule has 140 valence electrons. The number of anilines is 2. The van der Waals surface area contributed by atoms with Crippen LogP contribution in [0.1, 0.15) is 19.4 Å². The molecule has 0 atom stereocenters. The van der Waals surface area contributed by atoms with Crippen LogP contribution in [0.2, 0.25) is 0 Å². The number of nitrogens with zero attached hydrogens (tertiary/aromatic N) is 2. The molecule has 1 heterocycles. The van der Waals surface area contributed by atoms with Crippen molar-refractivity contribution in [3.63, 3.8) is 0 Å². The maximum Gasteiger partial charge on any atom is 0.270 e. The molecule has 0 aliphatic carbocycles. The lowest BCUT2D eigenvalue weighted by atomic mass is 10.2. The lowest BCUT2D eigenvalue weighted by Gasteiger charge is -2.22. The van der Waals surface area contributed by atoms with Crippen molar-refractivity contribution in [2.45, 2.75) is 13.8 Å². The van der Waals surface area contributed by atoms with Crippen LogP contribution in [0.25, 0.3) is 6.08 Å². The zero-order valence-electron chi connectivity index (χ0n) is 15.6. The first kappa shape index (κ1) is 19.5. The van der Waals surface area contributed by atoms with Crippen molar-refractivity contribution in [3.05, 3.63) is 59.0 Å². The molecule has 1 fully saturated rings. The number of hydrogen-bond donors (Lipinski definition) is 0. The molecule has 0 bridgehead atoms. The fourth-order valence-electron chi connectivity index (χ4n) is 3.02. The Morgan fingerprint density at radius 3 is 2.41 bits per heavy atom. The molecule has 0 aromatic heterocycles. The van der Waals surface area contributed by atoms with Gasteiger partial charge in [0, 0.05) is 24.3 Å². The van der Waals surface area contributed by atoms with Gasteiger partial charge in [0.2, 0.25) is 0 Å². The molecule has 0 spiro atoms. The molecule has 6 heteroatoms. The minimum absolute atomic E-state index is 0.105. The third-order valence-electron chi connectivity index (χ3n) is 4.46. The van der Waals surface area contributed by atoms with E-state index in [-0.39, 0.29) is 5.91 Å². The van der Waals surface area contributed by atoms with Crippen LogP contribution in [0.4, 0.5) is 11.4 Å². The predicted octanol–water partition coefficient (Wildman–Crippen LogP) is 4.95. The molecule has 0 unspecified atom stereocenters. The summed E-state index contributed by atoms with van der Waals surface area (Å²) in [4.78, 5) is 17.4. The minimum atomic E-state index is -0.105. The van der Waals surface area contributed by atoms with Gasteiger partial charge in [0.15, 0.2) is 4.32 Å². The topological polar surface area (TPSA) is 32.8 Å². The second-order valence-electron chi connectivity index (χ2n) is 5.95. The van der Waals surface area contributed by atoms with E-state index in [0.29, 0.717) is 9.23 Å². The number of para-hydroxylation sites is 1. The number of amides is 1. The van der Waals surface area contributed by atoms with E-state index >= 15 is 0 Å². The first-order valence-corrected chi connectivity index (χ1v) is 10.1. The van der Waals surface area contributed by atoms with Crippen LogP contribution in [-0.2, 0) is 4.79 Å². The van der Waals surface area contributed by atoms with Crippen molar-refractivity contribution in [1.82, 2.24) is 0 Å². The summed E-state index contributed by atoms with van der Waals surface area (Å²) in [5, 5.41) is 0. The molecule has 2 aromatic carbocycles. The Balaban J connectivity index is 1.87. The van der Waals surface area contributed by atoms with Gasteiger partial charge < -0.3 is 9.64 Å². The predicted molar refractivity (Wildman–Crippen MR) is 119 cm³/mol. The van der Waals surface area contributed by atoms with E-state index in [1.54, 1.807) is 12.0 Å². The fourth-order valence-corrected chi connectivity index (χ4v) is 4.31. The lowest BCUT2D eigenvalue weighted by Crippen LogP contribution is -2.27. The van der Waals surface area contributed by atoms with Gasteiger partial charge in [-0.2, -0.15) is 0 Å². The smallest absolute Gasteiger partial charge is 0.270 e. The summed E-state index contributed by atoms with van der Waals surface area (Å²) >= 11 is 6.78. The highest BCUT2D eigenvalue weighted by molar-refractivity contribution is 8.27. The fraction of sp³-hybridized carbons (Fsp3) is 0.238. The monoisotopic (exact) mass is 398 g/mol. The largest absolute Gasteiger partial charge is 0.496 e. The van der Waals surface area contributed by atoms with E-state index < -0.39 is 0 Å². The summed E-state index contributed by atoms with van der Waals surface area (Å²) < 4.78 is 5.91. The van der Waals surface area contributed by atoms with Crippen LogP contribution < -0.4 is 14.5 Å². The molecular formula is C21H22N2O2S2. The van der Waals surface area contributed by atoms with Gasteiger partial charge in [-0.1, -0.05) is 42.2 Å². The van der Waals surface area contributed by atoms with Crippen LogP contribution in [0, 0.1) is 0 Å². The van der Waals surface area contributed by atoms with Crippen molar-refractivity contribution in [1.29, 1.82) is 0 Å². The van der Waals surface area contributed by atoms with Gasteiger partial charge >= 0.3 is 0 Å². The minimum Gasteiger partial charge on any atom is -0.496 e. The third kappa shape index (κ3) is 4.01. The molecule has 2 aromatic rings. The van der Waals surface area contributed by atoms with Crippen LogP contribution in [0.5, 0.6) is 5.75 Å². The molecule has 0 saturated carbocycles. The maximum atomic E-state index is 12.9. The molecule has 0 N–H and O–H groups in total. The van der Waals surface area contributed by atoms with Crippen LogP contribution >= 0.6 is 24.0 Å². The highest BCUT2D eigenvalue weighted by Gasteiger charge is 2.33. The van der Waals surface area contributed by atoms with E-state index in [9.17, 15) is 4.79 Å². The van der Waals surface area contributed by atoms with Crippen molar-refractivity contribution < 1.29 is 9.53 Å². The van der Waals surface area contributed by atoms with E-state index in [1.807, 2.05) is 54.6 Å². The summed E-state index contributed by atoms with van der Waals surface area (Å²) in [6, 6.07) is 15.6. The number of carbonyl (C=O) groups excluding carboxylic acids is 1. The van der Waals surface area contributed by atoms with Crippen molar-refractivity contribution in [2.75, 3.05) is 30.0 Å². The first-order chi connectivity index (χ1) is 13.1. The molecule has 1 amide bonds. The zero-order chi connectivity index (χ0) is 19.4. The van der Waals surface area contributed by atoms with Crippen molar-refractivity contribution >= 4 is 51.7 Å². The molecule has 1 saturated heterocycles. The van der Waals surface area contributed by atoms with E-state index in [4.69, 9.17) is 17.0 Å². The first-order valence-electron chi connectivity index (χ1n) is 8.85. The van der Waals surface area contributed by atoms with Gasteiger partial charge in [0.05, 0.1) is 17.7 Å². The number of ether oxygens (including phenoxy) is 1. The average molecular weight is 399 g/mol. The summed E-state index contributed by atoms with van der Waals surface area (Å²) in [5.74, 6) is 0.623. The Morgan fingerprint density at radius 1 is 1.11 bits per heavy atom. The average Bonchev–Trinajstić information content (AvgIpc) is 2.97. The molecule has 0 radical (unpaired) electrons. The number of hydrogen-bond acceptors (Lipinski definition) is 5. The van der Waals surface area contributed by atoms with Gasteiger partial charge in [-0.15, -0.1) is 0 Å². The summed E-state index contributed by atoms with van der Waals surface area (Å²) in [6.45, 7) is 6.14. The Hall–Kier alpha value is -2.31. The maximum absolute atomic E-state index is 12.9. The van der Waals surface area contributed by atoms with Gasteiger partial charge in [-0.25, -0.2) is 0 Å². The Morgan fingerprint density at radius 2 is 1.78 bits per heavy atom. The number of methoxy groups -OCH3 is 1. The van der Waals surface area contributed by atoms with E-state index in [1.165, 1.54) is 11.8 Å². The number of carbonyl (C=O) groups is 1. The second kappa shape index (κ2) is 8.59. The highest BCUT2D eigenvalue weighted by atomic mass is 32.2. The van der Waals surface area contributed by atoms with Crippen LogP contribution in [-0.4, -0.2) is 30.4 Å². The standard InChI is InChI=1S/C21H22N2O2S2/c1-4-22(5-2)16-10-12-17(13-11-16)23-20(24)19(27-21(23)26)14-15-8-6-7-9-18(15)25-3/h6-14H,4-5H2,1-3H3/b19-14+. The summed E-state index contributed by atoms with van der Waals surface area (Å²) in [5.41, 5.74) is 2.79. The number of thioether (sulfide) groups is 1. The molecule has 1 aliphatic heterocycles. The zero-order valence-corrected chi connectivity index (χ0v) is 17.3. The third-order valence-corrected chi connectivity index (χ3v) is 5.76. The number of benzene rings is 2. The summed E-state index contributed by atoms with van der Waals surface area (Å²) in [7, 11) is 1.62. The molecular weight excluding hydrogens is 376 g/mol. The molecule has 4 nitrogen and oxygen atoms in total. The van der Waals surface area contributed by atoms with E-state index in [0.717, 1.165) is 35.8 Å². The molecule has 27 heavy (non-hydrogen) atoms. The van der Waals surface area contributed by atoms with Gasteiger partial charge in [-0.3, -0.25) is 9.69 Å². The summed E-state index contributed by atoms with van der Waals surface area (Å²) in [6.07, 6.45) is 1.84. The molecule has 1 aliphatic rings. The van der Waals surface area contributed by atoms with Crippen molar-refractivity contribution in [3.8, 4) is 5.75 Å². The van der Waals surface area contributed by atoms with E-state index in [2.05, 4.69) is 18.7 Å². The van der Waals surface area contributed by atoms with Gasteiger partial charge in [0.25, 0.3) is 5.91 Å². The second-order valence-corrected chi connectivity index (χ2v) is 7.62. The van der Waals surface area contributed by atoms with Gasteiger partial charge in [-0.05, 0) is 50.3 Å². The molecule has 3 rings (SSSR count). The normalized spacial score (nSPS) is 15.5. The quantitative estimate of drug-likeness (QED) is 0.508.